The average molecular weight is 259 g/mol. The lowest BCUT2D eigenvalue weighted by molar-refractivity contribution is 0.159. The SMILES string of the molecule is NC(=O)OCCNS(=O)(=O)c1ccc(N)cc1. The van der Waals surface area contributed by atoms with Crippen LogP contribution in [0.3, 0.4) is 0 Å². The van der Waals surface area contributed by atoms with Crippen molar-refractivity contribution in [1.29, 1.82) is 0 Å². The molecule has 0 saturated heterocycles. The van der Waals surface area contributed by atoms with E-state index < -0.39 is 16.1 Å². The first-order chi connectivity index (χ1) is 7.92. The maximum atomic E-state index is 11.7. The summed E-state index contributed by atoms with van der Waals surface area (Å²) >= 11 is 0. The molecule has 0 aromatic heterocycles. The van der Waals surface area contributed by atoms with Gasteiger partial charge in [-0.05, 0) is 24.3 Å². The predicted molar refractivity (Wildman–Crippen MR) is 61.6 cm³/mol. The molecule has 0 atom stereocenters. The molecule has 0 aliphatic heterocycles. The van der Waals surface area contributed by atoms with Crippen LogP contribution in [0.1, 0.15) is 0 Å². The van der Waals surface area contributed by atoms with Crippen molar-refractivity contribution in [2.45, 2.75) is 4.90 Å². The Hall–Kier alpha value is -1.80. The first-order valence-corrected chi connectivity index (χ1v) is 6.17. The number of primary amides is 1. The van der Waals surface area contributed by atoms with Crippen LogP contribution in [0.5, 0.6) is 0 Å². The van der Waals surface area contributed by atoms with Gasteiger partial charge in [-0.2, -0.15) is 0 Å². The normalized spacial score (nSPS) is 11.1. The zero-order valence-electron chi connectivity index (χ0n) is 8.92. The van der Waals surface area contributed by atoms with E-state index in [2.05, 4.69) is 9.46 Å². The number of benzene rings is 1. The summed E-state index contributed by atoms with van der Waals surface area (Å²) in [6, 6.07) is 5.72. The van der Waals surface area contributed by atoms with E-state index in [0.29, 0.717) is 5.69 Å². The molecule has 1 aromatic rings. The van der Waals surface area contributed by atoms with Gasteiger partial charge in [-0.1, -0.05) is 0 Å². The van der Waals surface area contributed by atoms with Gasteiger partial charge in [0.05, 0.1) is 4.90 Å². The third kappa shape index (κ3) is 4.29. The van der Waals surface area contributed by atoms with E-state index in [9.17, 15) is 13.2 Å². The maximum Gasteiger partial charge on any atom is 0.404 e. The highest BCUT2D eigenvalue weighted by Gasteiger charge is 2.12. The van der Waals surface area contributed by atoms with Crippen LogP contribution in [0.15, 0.2) is 29.2 Å². The second-order valence-corrected chi connectivity index (χ2v) is 4.90. The van der Waals surface area contributed by atoms with Crippen LogP contribution in [0, 0.1) is 0 Å². The first kappa shape index (κ1) is 13.3. The van der Waals surface area contributed by atoms with Gasteiger partial charge in [-0.3, -0.25) is 0 Å². The van der Waals surface area contributed by atoms with Crippen molar-refractivity contribution in [3.05, 3.63) is 24.3 Å². The lowest BCUT2D eigenvalue weighted by atomic mass is 10.3. The van der Waals surface area contributed by atoms with Crippen LogP contribution in [0.4, 0.5) is 10.5 Å². The molecule has 0 heterocycles. The highest BCUT2D eigenvalue weighted by Crippen LogP contribution is 2.10. The summed E-state index contributed by atoms with van der Waals surface area (Å²) in [6.07, 6.45) is -0.948. The Morgan fingerprint density at radius 2 is 1.88 bits per heavy atom. The highest BCUT2D eigenvalue weighted by molar-refractivity contribution is 7.89. The number of ether oxygens (including phenoxy) is 1. The Kier molecular flexibility index (Phi) is 4.30. The largest absolute Gasteiger partial charge is 0.448 e. The quantitative estimate of drug-likeness (QED) is 0.492. The molecule has 0 saturated carbocycles. The van der Waals surface area contributed by atoms with Gasteiger partial charge in [0.1, 0.15) is 6.61 Å². The third-order valence-corrected chi connectivity index (χ3v) is 3.31. The van der Waals surface area contributed by atoms with Gasteiger partial charge in [0.2, 0.25) is 10.0 Å². The minimum Gasteiger partial charge on any atom is -0.448 e. The molecule has 0 spiro atoms. The number of hydrogen-bond donors (Lipinski definition) is 3. The van der Waals surface area contributed by atoms with E-state index in [4.69, 9.17) is 11.5 Å². The van der Waals surface area contributed by atoms with Crippen molar-refractivity contribution in [2.24, 2.45) is 5.73 Å². The number of sulfonamides is 1. The molecule has 1 aromatic carbocycles. The van der Waals surface area contributed by atoms with Crippen LogP contribution in [0.2, 0.25) is 0 Å². The van der Waals surface area contributed by atoms with Gasteiger partial charge in [-0.25, -0.2) is 17.9 Å². The fourth-order valence-corrected chi connectivity index (χ4v) is 2.07. The van der Waals surface area contributed by atoms with E-state index in [1.807, 2.05) is 0 Å². The molecule has 0 aliphatic rings. The number of nitrogens with one attached hydrogen (secondary N) is 1. The van der Waals surface area contributed by atoms with Crippen LogP contribution in [-0.2, 0) is 14.8 Å². The molecule has 8 heteroatoms. The lowest BCUT2D eigenvalue weighted by Crippen LogP contribution is -2.29. The van der Waals surface area contributed by atoms with Crippen LogP contribution in [0.25, 0.3) is 0 Å². The van der Waals surface area contributed by atoms with Gasteiger partial charge in [0.25, 0.3) is 0 Å². The number of hydrogen-bond acceptors (Lipinski definition) is 5. The second-order valence-electron chi connectivity index (χ2n) is 3.13. The molecule has 0 radical (unpaired) electrons. The maximum absolute atomic E-state index is 11.7. The zero-order chi connectivity index (χ0) is 12.9. The Morgan fingerprint density at radius 3 is 2.41 bits per heavy atom. The number of rotatable bonds is 5. The van der Waals surface area contributed by atoms with Gasteiger partial charge in [0.15, 0.2) is 0 Å². The van der Waals surface area contributed by atoms with Crippen molar-refractivity contribution in [2.75, 3.05) is 18.9 Å². The Bertz CT molecular complexity index is 483. The summed E-state index contributed by atoms with van der Waals surface area (Å²) < 4.78 is 30.0. The van der Waals surface area contributed by atoms with Crippen molar-refractivity contribution in [1.82, 2.24) is 4.72 Å². The minimum atomic E-state index is -3.61. The molecule has 1 amide bonds. The molecule has 0 unspecified atom stereocenters. The summed E-state index contributed by atoms with van der Waals surface area (Å²) in [7, 11) is -3.61. The molecule has 7 nitrogen and oxygen atoms in total. The monoisotopic (exact) mass is 259 g/mol. The van der Waals surface area contributed by atoms with Crippen molar-refractivity contribution < 1.29 is 17.9 Å². The molecule has 17 heavy (non-hydrogen) atoms. The summed E-state index contributed by atoms with van der Waals surface area (Å²) in [6.45, 7) is -0.167. The molecule has 0 fully saturated rings. The number of amides is 1. The van der Waals surface area contributed by atoms with Crippen molar-refractivity contribution in [3.63, 3.8) is 0 Å². The van der Waals surface area contributed by atoms with E-state index in [1.54, 1.807) is 0 Å². The fraction of sp³-hybridized carbons (Fsp3) is 0.222. The number of carbonyl (C=O) groups is 1. The Labute approximate surface area is 98.8 Å². The summed E-state index contributed by atoms with van der Waals surface area (Å²) in [5.74, 6) is 0. The molecule has 94 valence electrons. The van der Waals surface area contributed by atoms with E-state index in [1.165, 1.54) is 24.3 Å². The molecule has 1 rings (SSSR count). The van der Waals surface area contributed by atoms with E-state index in [-0.39, 0.29) is 18.0 Å². The number of carbonyl (C=O) groups excluding carboxylic acids is 1. The molecular weight excluding hydrogens is 246 g/mol. The van der Waals surface area contributed by atoms with Crippen molar-refractivity contribution >= 4 is 21.8 Å². The van der Waals surface area contributed by atoms with Crippen LogP contribution >= 0.6 is 0 Å². The number of anilines is 1. The van der Waals surface area contributed by atoms with Gasteiger partial charge in [-0.15, -0.1) is 0 Å². The smallest absolute Gasteiger partial charge is 0.404 e. The van der Waals surface area contributed by atoms with E-state index >= 15 is 0 Å². The number of nitrogen functional groups attached to an aromatic ring is 1. The topological polar surface area (TPSA) is 125 Å². The molecular formula is C9H13N3O4S. The lowest BCUT2D eigenvalue weighted by Gasteiger charge is -2.06. The first-order valence-electron chi connectivity index (χ1n) is 4.69. The zero-order valence-corrected chi connectivity index (χ0v) is 9.74. The fourth-order valence-electron chi connectivity index (χ4n) is 1.06. The predicted octanol–water partition coefficient (Wildman–Crippen LogP) is -0.358. The standard InChI is InChI=1S/C9H13N3O4S/c10-7-1-3-8(4-2-7)17(14,15)12-5-6-16-9(11)13/h1-4,12H,5-6,10H2,(H2,11,13). The van der Waals surface area contributed by atoms with Gasteiger partial charge >= 0.3 is 6.09 Å². The van der Waals surface area contributed by atoms with Gasteiger partial charge in [0, 0.05) is 12.2 Å². The Balaban J connectivity index is 2.57. The Morgan fingerprint density at radius 1 is 1.29 bits per heavy atom. The summed E-state index contributed by atoms with van der Waals surface area (Å²) in [5.41, 5.74) is 10.6. The highest BCUT2D eigenvalue weighted by atomic mass is 32.2. The molecule has 5 N–H and O–H groups in total. The number of nitrogens with two attached hydrogens (primary N) is 2. The van der Waals surface area contributed by atoms with Crippen LogP contribution in [-0.4, -0.2) is 27.7 Å². The van der Waals surface area contributed by atoms with Gasteiger partial charge < -0.3 is 16.2 Å². The second kappa shape index (κ2) is 5.51. The molecule has 0 bridgehead atoms. The van der Waals surface area contributed by atoms with Crippen LogP contribution < -0.4 is 16.2 Å². The summed E-state index contributed by atoms with van der Waals surface area (Å²) in [4.78, 5) is 10.3. The van der Waals surface area contributed by atoms with Crippen molar-refractivity contribution in [3.8, 4) is 0 Å². The third-order valence-electron chi connectivity index (χ3n) is 1.83. The minimum absolute atomic E-state index is 0.0460. The molecule has 0 aliphatic carbocycles. The summed E-state index contributed by atoms with van der Waals surface area (Å²) in [5, 5.41) is 0. The average Bonchev–Trinajstić information content (AvgIpc) is 2.25. The van der Waals surface area contributed by atoms with E-state index in [0.717, 1.165) is 0 Å².